The molecule has 1 rings (SSSR count). The molecule has 1 N–H and O–H groups in total. The number of hydrogen-bond donors (Lipinski definition) is 1. The van der Waals surface area contributed by atoms with Gasteiger partial charge in [0.15, 0.2) is 0 Å². The number of nitrogens with one attached hydrogen (secondary N) is 1. The standard InChI is InChI=1S/C8H17N/c1-3-5-8-7(4-2)6-9-8/h7-9H,3-6H2,1-2H3/t7-,8-/m1/s1. The summed E-state index contributed by atoms with van der Waals surface area (Å²) in [4.78, 5) is 0. The van der Waals surface area contributed by atoms with E-state index >= 15 is 0 Å². The van der Waals surface area contributed by atoms with Gasteiger partial charge >= 0.3 is 0 Å². The van der Waals surface area contributed by atoms with Crippen LogP contribution in [0.3, 0.4) is 0 Å². The summed E-state index contributed by atoms with van der Waals surface area (Å²) in [5.74, 6) is 0.991. The van der Waals surface area contributed by atoms with Gasteiger partial charge < -0.3 is 5.32 Å². The Hall–Kier alpha value is -0.0400. The Morgan fingerprint density at radius 2 is 2.22 bits per heavy atom. The quantitative estimate of drug-likeness (QED) is 0.609. The highest BCUT2D eigenvalue weighted by atomic mass is 15.0. The van der Waals surface area contributed by atoms with Gasteiger partial charge in [0.05, 0.1) is 0 Å². The molecule has 9 heavy (non-hydrogen) atoms. The summed E-state index contributed by atoms with van der Waals surface area (Å²) in [6.45, 7) is 5.81. The van der Waals surface area contributed by atoms with Crippen LogP contribution in [0.1, 0.15) is 33.1 Å². The predicted octanol–water partition coefficient (Wildman–Crippen LogP) is 1.78. The van der Waals surface area contributed by atoms with Crippen LogP contribution in [0.2, 0.25) is 0 Å². The molecule has 0 amide bonds. The van der Waals surface area contributed by atoms with E-state index in [0.29, 0.717) is 0 Å². The van der Waals surface area contributed by atoms with Crippen molar-refractivity contribution in [3.63, 3.8) is 0 Å². The van der Waals surface area contributed by atoms with Gasteiger partial charge in [0.25, 0.3) is 0 Å². The maximum absolute atomic E-state index is 3.45. The normalized spacial score (nSPS) is 34.0. The van der Waals surface area contributed by atoms with E-state index in [1.165, 1.54) is 25.8 Å². The summed E-state index contributed by atoms with van der Waals surface area (Å²) in [6.07, 6.45) is 4.06. The van der Waals surface area contributed by atoms with Crippen molar-refractivity contribution in [2.45, 2.75) is 39.2 Å². The molecule has 0 aliphatic carbocycles. The van der Waals surface area contributed by atoms with Crippen molar-refractivity contribution in [3.05, 3.63) is 0 Å². The summed E-state index contributed by atoms with van der Waals surface area (Å²) >= 11 is 0. The summed E-state index contributed by atoms with van der Waals surface area (Å²) < 4.78 is 0. The van der Waals surface area contributed by atoms with Crippen molar-refractivity contribution in [3.8, 4) is 0 Å². The van der Waals surface area contributed by atoms with Crippen molar-refractivity contribution < 1.29 is 0 Å². The Kier molecular flexibility index (Phi) is 2.52. The second-order valence-corrected chi connectivity index (χ2v) is 2.97. The van der Waals surface area contributed by atoms with Gasteiger partial charge in [-0.1, -0.05) is 26.7 Å². The zero-order chi connectivity index (χ0) is 6.69. The number of hydrogen-bond acceptors (Lipinski definition) is 1. The van der Waals surface area contributed by atoms with Gasteiger partial charge in [0.1, 0.15) is 0 Å². The Morgan fingerprint density at radius 1 is 1.44 bits per heavy atom. The molecule has 0 unspecified atom stereocenters. The predicted molar refractivity (Wildman–Crippen MR) is 40.5 cm³/mol. The lowest BCUT2D eigenvalue weighted by Crippen LogP contribution is -2.52. The Bertz CT molecular complexity index is 78.6. The second kappa shape index (κ2) is 3.21. The second-order valence-electron chi connectivity index (χ2n) is 2.97. The van der Waals surface area contributed by atoms with Crippen molar-refractivity contribution in [1.82, 2.24) is 5.32 Å². The lowest BCUT2D eigenvalue weighted by Gasteiger charge is -2.37. The van der Waals surface area contributed by atoms with E-state index in [0.717, 1.165) is 12.0 Å². The molecule has 1 heterocycles. The molecular weight excluding hydrogens is 110 g/mol. The molecule has 0 saturated carbocycles. The van der Waals surface area contributed by atoms with Gasteiger partial charge in [-0.15, -0.1) is 0 Å². The fourth-order valence-electron chi connectivity index (χ4n) is 1.53. The fraction of sp³-hybridized carbons (Fsp3) is 1.00. The molecule has 1 fully saturated rings. The van der Waals surface area contributed by atoms with Crippen LogP contribution in [0, 0.1) is 5.92 Å². The average molecular weight is 127 g/mol. The molecule has 0 bridgehead atoms. The van der Waals surface area contributed by atoms with Gasteiger partial charge in [-0.05, 0) is 18.9 Å². The highest BCUT2D eigenvalue weighted by molar-refractivity contribution is 4.86. The zero-order valence-corrected chi connectivity index (χ0v) is 6.48. The molecule has 54 valence electrons. The van der Waals surface area contributed by atoms with Crippen molar-refractivity contribution in [2.24, 2.45) is 5.92 Å². The largest absolute Gasteiger partial charge is 0.313 e. The van der Waals surface area contributed by atoms with E-state index in [2.05, 4.69) is 19.2 Å². The third kappa shape index (κ3) is 1.45. The summed E-state index contributed by atoms with van der Waals surface area (Å²) in [7, 11) is 0. The van der Waals surface area contributed by atoms with Gasteiger partial charge in [-0.25, -0.2) is 0 Å². The van der Waals surface area contributed by atoms with Crippen LogP contribution in [-0.2, 0) is 0 Å². The van der Waals surface area contributed by atoms with E-state index in [4.69, 9.17) is 0 Å². The smallest absolute Gasteiger partial charge is 0.0107 e. The minimum Gasteiger partial charge on any atom is -0.313 e. The third-order valence-electron chi connectivity index (χ3n) is 2.34. The third-order valence-corrected chi connectivity index (χ3v) is 2.34. The topological polar surface area (TPSA) is 12.0 Å². The molecule has 2 atom stereocenters. The van der Waals surface area contributed by atoms with E-state index in [9.17, 15) is 0 Å². The fourth-order valence-corrected chi connectivity index (χ4v) is 1.53. The maximum Gasteiger partial charge on any atom is 0.0107 e. The lowest BCUT2D eigenvalue weighted by molar-refractivity contribution is 0.212. The lowest BCUT2D eigenvalue weighted by atomic mass is 9.86. The first-order chi connectivity index (χ1) is 4.38. The highest BCUT2D eigenvalue weighted by Crippen LogP contribution is 2.20. The molecule has 1 nitrogen and oxygen atoms in total. The first-order valence-corrected chi connectivity index (χ1v) is 4.11. The molecule has 1 heteroatoms. The van der Waals surface area contributed by atoms with E-state index in [1.54, 1.807) is 0 Å². The average Bonchev–Trinajstić information content (AvgIpc) is 1.82. The van der Waals surface area contributed by atoms with Gasteiger partial charge in [0, 0.05) is 6.04 Å². The molecular formula is C8H17N. The van der Waals surface area contributed by atoms with Crippen LogP contribution < -0.4 is 5.32 Å². The van der Waals surface area contributed by atoms with Gasteiger partial charge in [0.2, 0.25) is 0 Å². The molecule has 1 aliphatic rings. The van der Waals surface area contributed by atoms with Crippen LogP contribution in [0.4, 0.5) is 0 Å². The summed E-state index contributed by atoms with van der Waals surface area (Å²) in [5.41, 5.74) is 0. The summed E-state index contributed by atoms with van der Waals surface area (Å²) in [6, 6.07) is 0.861. The molecule has 0 aromatic rings. The van der Waals surface area contributed by atoms with Crippen LogP contribution in [0.15, 0.2) is 0 Å². The zero-order valence-electron chi connectivity index (χ0n) is 6.48. The van der Waals surface area contributed by atoms with Crippen LogP contribution in [0.5, 0.6) is 0 Å². The van der Waals surface area contributed by atoms with Gasteiger partial charge in [-0.3, -0.25) is 0 Å². The minimum atomic E-state index is 0.861. The molecule has 1 saturated heterocycles. The van der Waals surface area contributed by atoms with Crippen molar-refractivity contribution in [1.29, 1.82) is 0 Å². The van der Waals surface area contributed by atoms with Crippen molar-refractivity contribution >= 4 is 0 Å². The highest BCUT2D eigenvalue weighted by Gasteiger charge is 2.26. The Balaban J connectivity index is 2.11. The first-order valence-electron chi connectivity index (χ1n) is 4.11. The molecule has 0 radical (unpaired) electrons. The number of rotatable bonds is 3. The monoisotopic (exact) mass is 127 g/mol. The van der Waals surface area contributed by atoms with E-state index < -0.39 is 0 Å². The Morgan fingerprint density at radius 3 is 2.56 bits per heavy atom. The molecule has 0 aromatic heterocycles. The van der Waals surface area contributed by atoms with Crippen LogP contribution >= 0.6 is 0 Å². The Labute approximate surface area is 57.8 Å². The molecule has 0 spiro atoms. The maximum atomic E-state index is 3.45. The van der Waals surface area contributed by atoms with Gasteiger partial charge in [-0.2, -0.15) is 0 Å². The molecule has 1 aliphatic heterocycles. The van der Waals surface area contributed by atoms with Crippen LogP contribution in [0.25, 0.3) is 0 Å². The van der Waals surface area contributed by atoms with Crippen LogP contribution in [-0.4, -0.2) is 12.6 Å². The molecule has 0 aromatic carbocycles. The van der Waals surface area contributed by atoms with Crippen molar-refractivity contribution in [2.75, 3.05) is 6.54 Å². The first kappa shape index (κ1) is 7.07. The summed E-state index contributed by atoms with van der Waals surface area (Å²) in [5, 5.41) is 3.45. The SMILES string of the molecule is CCC[C@H]1NC[C@H]1CC. The minimum absolute atomic E-state index is 0.861. The van der Waals surface area contributed by atoms with E-state index in [-0.39, 0.29) is 0 Å². The van der Waals surface area contributed by atoms with E-state index in [1.807, 2.05) is 0 Å².